The fourth-order valence-electron chi connectivity index (χ4n) is 5.04. The predicted molar refractivity (Wildman–Crippen MR) is 172 cm³/mol. The number of amides is 1. The van der Waals surface area contributed by atoms with Crippen LogP contribution in [0.15, 0.2) is 67.1 Å². The second-order valence-electron chi connectivity index (χ2n) is 11.2. The number of fused-ring (bicyclic) bond motifs is 2. The van der Waals surface area contributed by atoms with Gasteiger partial charge in [0.25, 0.3) is 0 Å². The van der Waals surface area contributed by atoms with Crippen molar-refractivity contribution in [2.45, 2.75) is 0 Å². The van der Waals surface area contributed by atoms with E-state index >= 15 is 0 Å². The summed E-state index contributed by atoms with van der Waals surface area (Å²) in [5.74, 6) is 0.116. The molecule has 11 nitrogen and oxygen atoms in total. The first-order valence-corrected chi connectivity index (χ1v) is 14.2. The number of rotatable bonds is 10. The number of aromatic nitrogens is 6. The number of anilines is 2. The van der Waals surface area contributed by atoms with Gasteiger partial charge < -0.3 is 25.4 Å². The Kier molecular flexibility index (Phi) is 8.01. The van der Waals surface area contributed by atoms with Crippen molar-refractivity contribution < 1.29 is 9.18 Å². The highest BCUT2D eigenvalue weighted by atomic mass is 19.1. The van der Waals surface area contributed by atoms with Crippen LogP contribution in [0.1, 0.15) is 0 Å². The van der Waals surface area contributed by atoms with Crippen LogP contribution in [0.2, 0.25) is 0 Å². The molecule has 0 atom stereocenters. The molecule has 0 unspecified atom stereocenters. The molecule has 1 amide bonds. The summed E-state index contributed by atoms with van der Waals surface area (Å²) in [6, 6.07) is 14.5. The van der Waals surface area contributed by atoms with Gasteiger partial charge in [-0.1, -0.05) is 12.1 Å². The van der Waals surface area contributed by atoms with E-state index in [4.69, 9.17) is 4.98 Å². The van der Waals surface area contributed by atoms with Crippen LogP contribution in [0, 0.1) is 5.82 Å². The standard InChI is InChI=1S/C32H33FN10O/c1-42(2)9-8-35-22-11-19(10-21(33)13-22)24-6-5-7-26-30(24)39-32(38-26)31-25-14-27(36-17-28(25)40-41-31)20-12-23(16-34-15-20)37-29(44)18-43(3)4/h5-7,10-17,35H,8-9,18H2,1-4H3,(H,37,44)(H,38,39)(H,40,41). The number of nitrogens with zero attached hydrogens (tertiary/aromatic N) is 6. The normalized spacial score (nSPS) is 11.6. The van der Waals surface area contributed by atoms with Crippen LogP contribution in [-0.2, 0) is 4.79 Å². The maximum absolute atomic E-state index is 14.7. The Balaban J connectivity index is 1.33. The summed E-state index contributed by atoms with van der Waals surface area (Å²) >= 11 is 0. The average molecular weight is 593 g/mol. The lowest BCUT2D eigenvalue weighted by molar-refractivity contribution is -0.116. The van der Waals surface area contributed by atoms with E-state index in [1.807, 2.05) is 64.6 Å². The van der Waals surface area contributed by atoms with Crippen molar-refractivity contribution in [3.63, 3.8) is 0 Å². The number of carbonyl (C=O) groups excluding carboxylic acids is 1. The molecule has 6 rings (SSSR count). The highest BCUT2D eigenvalue weighted by Gasteiger charge is 2.17. The van der Waals surface area contributed by atoms with E-state index < -0.39 is 0 Å². The van der Waals surface area contributed by atoms with Gasteiger partial charge in [-0.05, 0) is 70.2 Å². The first-order valence-electron chi connectivity index (χ1n) is 14.2. The van der Waals surface area contributed by atoms with Crippen molar-refractivity contribution in [3.05, 3.63) is 72.9 Å². The van der Waals surface area contributed by atoms with Crippen LogP contribution in [0.3, 0.4) is 0 Å². The quantitative estimate of drug-likeness (QED) is 0.178. The van der Waals surface area contributed by atoms with Crippen LogP contribution in [-0.4, -0.2) is 93.7 Å². The molecule has 4 N–H and O–H groups in total. The molecule has 0 aliphatic carbocycles. The number of hydrogen-bond donors (Lipinski definition) is 4. The molecule has 0 radical (unpaired) electrons. The average Bonchev–Trinajstić information content (AvgIpc) is 3.60. The fourth-order valence-corrected chi connectivity index (χ4v) is 5.04. The third kappa shape index (κ3) is 6.26. The molecule has 6 aromatic rings. The number of halogens is 1. The Labute approximate surface area is 253 Å². The van der Waals surface area contributed by atoms with Gasteiger partial charge in [-0.25, -0.2) is 9.37 Å². The van der Waals surface area contributed by atoms with Gasteiger partial charge in [0.2, 0.25) is 5.91 Å². The second-order valence-corrected chi connectivity index (χ2v) is 11.2. The first kappa shape index (κ1) is 28.9. The number of nitrogens with one attached hydrogen (secondary N) is 4. The topological polar surface area (TPSA) is 131 Å². The smallest absolute Gasteiger partial charge is 0.238 e. The summed E-state index contributed by atoms with van der Waals surface area (Å²) in [5.41, 5.74) is 7.13. The Morgan fingerprint density at radius 2 is 1.77 bits per heavy atom. The number of H-pyrrole nitrogens is 2. The van der Waals surface area contributed by atoms with Crippen LogP contribution >= 0.6 is 0 Å². The zero-order valence-corrected chi connectivity index (χ0v) is 24.9. The monoisotopic (exact) mass is 592 g/mol. The summed E-state index contributed by atoms with van der Waals surface area (Å²) in [6.07, 6.45) is 5.02. The number of imidazole rings is 1. The summed E-state index contributed by atoms with van der Waals surface area (Å²) in [5, 5.41) is 14.6. The number of benzene rings is 2. The molecule has 0 spiro atoms. The number of hydrogen-bond acceptors (Lipinski definition) is 8. The lowest BCUT2D eigenvalue weighted by atomic mass is 10.0. The van der Waals surface area contributed by atoms with Gasteiger partial charge in [0.15, 0.2) is 5.82 Å². The molecule has 0 saturated carbocycles. The Morgan fingerprint density at radius 1 is 0.932 bits per heavy atom. The van der Waals surface area contributed by atoms with Crippen molar-refractivity contribution in [1.82, 2.24) is 39.9 Å². The van der Waals surface area contributed by atoms with Crippen LogP contribution < -0.4 is 10.6 Å². The highest BCUT2D eigenvalue weighted by molar-refractivity contribution is 5.98. The summed E-state index contributed by atoms with van der Waals surface area (Å²) in [7, 11) is 7.67. The van der Waals surface area contributed by atoms with E-state index in [2.05, 4.69) is 40.7 Å². The van der Waals surface area contributed by atoms with E-state index in [1.54, 1.807) is 23.5 Å². The van der Waals surface area contributed by atoms with Gasteiger partial charge in [-0.15, -0.1) is 0 Å². The zero-order valence-electron chi connectivity index (χ0n) is 24.9. The van der Waals surface area contributed by atoms with Crippen LogP contribution in [0.25, 0.3) is 55.8 Å². The molecular weight excluding hydrogens is 559 g/mol. The molecule has 44 heavy (non-hydrogen) atoms. The molecule has 0 aliphatic rings. The molecule has 4 heterocycles. The van der Waals surface area contributed by atoms with E-state index in [0.29, 0.717) is 40.6 Å². The van der Waals surface area contributed by atoms with E-state index in [0.717, 1.165) is 39.7 Å². The fraction of sp³-hybridized carbons (Fsp3) is 0.219. The lowest BCUT2D eigenvalue weighted by Crippen LogP contribution is -2.27. The molecular formula is C32H33FN10O. The van der Waals surface area contributed by atoms with Gasteiger partial charge >= 0.3 is 0 Å². The zero-order chi connectivity index (χ0) is 30.8. The number of carbonyl (C=O) groups is 1. The van der Waals surface area contributed by atoms with E-state index in [1.165, 1.54) is 12.1 Å². The van der Waals surface area contributed by atoms with Crippen molar-refractivity contribution in [3.8, 4) is 33.9 Å². The highest BCUT2D eigenvalue weighted by Crippen LogP contribution is 2.34. The summed E-state index contributed by atoms with van der Waals surface area (Å²) in [6.45, 7) is 1.79. The number of pyridine rings is 2. The summed E-state index contributed by atoms with van der Waals surface area (Å²) < 4.78 is 14.7. The number of likely N-dealkylation sites (N-methyl/N-ethyl adjacent to an activating group) is 2. The van der Waals surface area contributed by atoms with E-state index in [9.17, 15) is 9.18 Å². The SMILES string of the molecule is CN(C)CCNc1cc(F)cc(-c2cccc3[nH]c(-c4n[nH]c5cnc(-c6cncc(NC(=O)CN(C)C)c6)cc45)nc23)c1. The largest absolute Gasteiger partial charge is 0.384 e. The molecule has 0 fully saturated rings. The number of aromatic amines is 2. The maximum atomic E-state index is 14.7. The van der Waals surface area contributed by atoms with Crippen molar-refractivity contribution in [2.24, 2.45) is 0 Å². The maximum Gasteiger partial charge on any atom is 0.238 e. The van der Waals surface area contributed by atoms with Gasteiger partial charge in [0, 0.05) is 41.5 Å². The molecule has 2 aromatic carbocycles. The molecule has 0 saturated heterocycles. The minimum Gasteiger partial charge on any atom is -0.384 e. The Bertz CT molecular complexity index is 1960. The minimum atomic E-state index is -0.322. The third-order valence-corrected chi connectivity index (χ3v) is 7.06. The first-order chi connectivity index (χ1) is 21.2. The predicted octanol–water partition coefficient (Wildman–Crippen LogP) is 4.84. The van der Waals surface area contributed by atoms with Gasteiger partial charge in [0.1, 0.15) is 11.5 Å². The number of para-hydroxylation sites is 1. The Morgan fingerprint density at radius 3 is 2.59 bits per heavy atom. The third-order valence-electron chi connectivity index (χ3n) is 7.06. The van der Waals surface area contributed by atoms with Crippen molar-refractivity contribution in [1.29, 1.82) is 0 Å². The van der Waals surface area contributed by atoms with Crippen LogP contribution in [0.4, 0.5) is 15.8 Å². The molecule has 4 aromatic heterocycles. The molecule has 12 heteroatoms. The Hall–Kier alpha value is -5.20. The minimum absolute atomic E-state index is 0.131. The second kappa shape index (κ2) is 12.2. The molecule has 0 aliphatic heterocycles. The lowest BCUT2D eigenvalue weighted by Gasteiger charge is -2.13. The van der Waals surface area contributed by atoms with Gasteiger partial charge in [0.05, 0.1) is 46.9 Å². The summed E-state index contributed by atoms with van der Waals surface area (Å²) in [4.78, 5) is 33.3. The molecule has 0 bridgehead atoms. The van der Waals surface area contributed by atoms with Crippen molar-refractivity contribution in [2.75, 3.05) is 58.5 Å². The van der Waals surface area contributed by atoms with Crippen LogP contribution in [0.5, 0.6) is 0 Å². The van der Waals surface area contributed by atoms with Gasteiger partial charge in [-0.3, -0.25) is 19.9 Å². The molecule has 224 valence electrons. The van der Waals surface area contributed by atoms with Crippen molar-refractivity contribution >= 4 is 39.2 Å². The van der Waals surface area contributed by atoms with Gasteiger partial charge in [-0.2, -0.15) is 5.10 Å². The van der Waals surface area contributed by atoms with E-state index in [-0.39, 0.29) is 18.3 Å².